The van der Waals surface area contributed by atoms with E-state index in [0.717, 1.165) is 18.0 Å². The number of ether oxygens (including phenoxy) is 1. The molecule has 0 radical (unpaired) electrons. The second-order valence-corrected chi connectivity index (χ2v) is 8.05. The summed E-state index contributed by atoms with van der Waals surface area (Å²) in [4.78, 5) is 16.4. The molecule has 0 aliphatic rings. The summed E-state index contributed by atoms with van der Waals surface area (Å²) >= 11 is 0. The quantitative estimate of drug-likeness (QED) is 0.307. The van der Waals surface area contributed by atoms with Crippen LogP contribution in [-0.2, 0) is 4.79 Å². The highest BCUT2D eigenvalue weighted by Gasteiger charge is 2.13. The fraction of sp³-hybridized carbons (Fsp3) is 0.600. The highest BCUT2D eigenvalue weighted by Crippen LogP contribution is 2.16. The number of benzene rings is 1. The third kappa shape index (κ3) is 12.5. The second-order valence-electron chi connectivity index (χ2n) is 8.05. The highest BCUT2D eigenvalue weighted by molar-refractivity contribution is 14.0. The van der Waals surface area contributed by atoms with Crippen molar-refractivity contribution < 1.29 is 9.53 Å². The van der Waals surface area contributed by atoms with Crippen LogP contribution >= 0.6 is 24.0 Å². The lowest BCUT2D eigenvalue weighted by Crippen LogP contribution is -2.42. The van der Waals surface area contributed by atoms with Crippen LogP contribution in [0.15, 0.2) is 29.3 Å². The van der Waals surface area contributed by atoms with Gasteiger partial charge in [-0.2, -0.15) is 0 Å². The number of rotatable bonds is 7. The molecule has 3 N–H and O–H groups in total. The highest BCUT2D eigenvalue weighted by atomic mass is 127. The minimum absolute atomic E-state index is 0. The molecule has 1 amide bonds. The number of halogens is 1. The first-order chi connectivity index (χ1) is 12.0. The molecule has 0 atom stereocenters. The maximum Gasteiger partial charge on any atom is 0.242 e. The van der Waals surface area contributed by atoms with Crippen LogP contribution in [0, 0.1) is 5.92 Å². The van der Waals surface area contributed by atoms with Crippen LogP contribution in [0.3, 0.4) is 0 Å². The first kappa shape index (κ1) is 25.5. The number of anilines is 1. The van der Waals surface area contributed by atoms with Crippen molar-refractivity contribution >= 4 is 41.5 Å². The van der Waals surface area contributed by atoms with Crippen LogP contribution in [0.5, 0.6) is 5.75 Å². The molecule has 7 heteroatoms. The van der Waals surface area contributed by atoms with Gasteiger partial charge in [-0.1, -0.05) is 13.8 Å². The number of aliphatic imine (C=N–C) groups is 1. The summed E-state index contributed by atoms with van der Waals surface area (Å²) in [5.74, 6) is 1.76. The van der Waals surface area contributed by atoms with Crippen molar-refractivity contribution in [3.8, 4) is 5.75 Å². The summed E-state index contributed by atoms with van der Waals surface area (Å²) in [7, 11) is 0. The zero-order chi connectivity index (χ0) is 19.7. The Bertz CT molecular complexity index is 593. The molecule has 1 aromatic rings. The zero-order valence-corrected chi connectivity index (χ0v) is 19.9. The first-order valence-electron chi connectivity index (χ1n) is 9.18. The lowest BCUT2D eigenvalue weighted by molar-refractivity contribution is -0.121. The summed E-state index contributed by atoms with van der Waals surface area (Å²) in [6, 6.07) is 7.68. The van der Waals surface area contributed by atoms with E-state index >= 15 is 0 Å². The predicted molar refractivity (Wildman–Crippen MR) is 124 cm³/mol. The van der Waals surface area contributed by atoms with Gasteiger partial charge in [-0.25, -0.2) is 4.99 Å². The number of nitrogens with zero attached hydrogens (tertiary/aromatic N) is 1. The van der Waals surface area contributed by atoms with Crippen LogP contribution in [0.25, 0.3) is 0 Å². The monoisotopic (exact) mass is 490 g/mol. The molecule has 0 saturated heterocycles. The number of nitrogens with one attached hydrogen (secondary N) is 3. The number of amides is 1. The van der Waals surface area contributed by atoms with E-state index in [1.807, 2.05) is 58.9 Å². The molecular formula is C20H35IN4O2. The number of hydrogen-bond donors (Lipinski definition) is 3. The van der Waals surface area contributed by atoms with Gasteiger partial charge in [-0.15, -0.1) is 24.0 Å². The Balaban J connectivity index is 0.00000676. The summed E-state index contributed by atoms with van der Waals surface area (Å²) in [6.45, 7) is 14.9. The SMILES string of the molecule is CC(C)CNC(=NCC(=O)NC(C)(C)C)Nc1ccc(OC(C)C)cc1.I. The van der Waals surface area contributed by atoms with Crippen molar-refractivity contribution in [2.24, 2.45) is 10.9 Å². The Hall–Kier alpha value is -1.51. The molecule has 6 nitrogen and oxygen atoms in total. The molecule has 1 rings (SSSR count). The van der Waals surface area contributed by atoms with Gasteiger partial charge in [0.15, 0.2) is 5.96 Å². The van der Waals surface area contributed by atoms with Crippen molar-refractivity contribution in [1.29, 1.82) is 0 Å². The van der Waals surface area contributed by atoms with Gasteiger partial charge >= 0.3 is 0 Å². The molecule has 0 heterocycles. The number of hydrogen-bond acceptors (Lipinski definition) is 3. The van der Waals surface area contributed by atoms with Crippen molar-refractivity contribution in [3.63, 3.8) is 0 Å². The average molecular weight is 490 g/mol. The normalized spacial score (nSPS) is 11.8. The average Bonchev–Trinajstić information content (AvgIpc) is 2.49. The van der Waals surface area contributed by atoms with Gasteiger partial charge in [0.25, 0.3) is 0 Å². The van der Waals surface area contributed by atoms with Crippen molar-refractivity contribution in [3.05, 3.63) is 24.3 Å². The summed E-state index contributed by atoms with van der Waals surface area (Å²) in [5, 5.41) is 9.41. The fourth-order valence-electron chi connectivity index (χ4n) is 2.07. The van der Waals surface area contributed by atoms with Crippen LogP contribution < -0.4 is 20.7 Å². The third-order valence-corrected chi connectivity index (χ3v) is 3.06. The predicted octanol–water partition coefficient (Wildman–Crippen LogP) is 4.02. The van der Waals surface area contributed by atoms with E-state index in [-0.39, 0.29) is 48.1 Å². The van der Waals surface area contributed by atoms with Crippen LogP contribution in [-0.4, -0.2) is 36.6 Å². The molecular weight excluding hydrogens is 455 g/mol. The second kappa shape index (κ2) is 12.0. The molecule has 154 valence electrons. The maximum absolute atomic E-state index is 12.0. The molecule has 27 heavy (non-hydrogen) atoms. The molecule has 0 aliphatic heterocycles. The summed E-state index contributed by atoms with van der Waals surface area (Å²) < 4.78 is 5.65. The fourth-order valence-corrected chi connectivity index (χ4v) is 2.07. The van der Waals surface area contributed by atoms with Gasteiger partial charge in [-0.05, 0) is 64.8 Å². The largest absolute Gasteiger partial charge is 0.491 e. The van der Waals surface area contributed by atoms with Gasteiger partial charge in [0.2, 0.25) is 5.91 Å². The first-order valence-corrected chi connectivity index (χ1v) is 9.18. The Kier molecular flexibility index (Phi) is 11.4. The smallest absolute Gasteiger partial charge is 0.242 e. The Morgan fingerprint density at radius 1 is 1.11 bits per heavy atom. The Morgan fingerprint density at radius 2 is 1.70 bits per heavy atom. The van der Waals surface area contributed by atoms with Crippen molar-refractivity contribution in [2.45, 2.75) is 60.1 Å². The molecule has 0 aliphatic carbocycles. The Labute approximate surface area is 181 Å². The van der Waals surface area contributed by atoms with E-state index in [0.29, 0.717) is 11.9 Å². The van der Waals surface area contributed by atoms with E-state index in [1.54, 1.807) is 0 Å². The van der Waals surface area contributed by atoms with Crippen LogP contribution in [0.4, 0.5) is 5.69 Å². The van der Waals surface area contributed by atoms with Gasteiger partial charge in [0.05, 0.1) is 6.10 Å². The van der Waals surface area contributed by atoms with Gasteiger partial charge < -0.3 is 20.7 Å². The molecule has 0 spiro atoms. The van der Waals surface area contributed by atoms with Crippen LogP contribution in [0.2, 0.25) is 0 Å². The topological polar surface area (TPSA) is 74.8 Å². The molecule has 1 aromatic carbocycles. The lowest BCUT2D eigenvalue weighted by Gasteiger charge is -2.20. The van der Waals surface area contributed by atoms with E-state index < -0.39 is 0 Å². The Morgan fingerprint density at radius 3 is 2.19 bits per heavy atom. The summed E-state index contributed by atoms with van der Waals surface area (Å²) in [6.07, 6.45) is 0.139. The van der Waals surface area contributed by atoms with E-state index in [4.69, 9.17) is 4.74 Å². The summed E-state index contributed by atoms with van der Waals surface area (Å²) in [5.41, 5.74) is 0.616. The number of guanidine groups is 1. The maximum atomic E-state index is 12.0. The van der Waals surface area contributed by atoms with E-state index in [9.17, 15) is 4.79 Å². The van der Waals surface area contributed by atoms with Gasteiger partial charge in [0.1, 0.15) is 12.3 Å². The standard InChI is InChI=1S/C20H34N4O2.HI/c1-14(2)12-21-19(22-13-18(25)24-20(5,6)7)23-16-8-10-17(11-9-16)26-15(3)4;/h8-11,14-15H,12-13H2,1-7H3,(H,24,25)(H2,21,22,23);1H. The molecule has 0 fully saturated rings. The minimum atomic E-state index is -0.266. The van der Waals surface area contributed by atoms with Crippen LogP contribution in [0.1, 0.15) is 48.5 Å². The third-order valence-electron chi connectivity index (χ3n) is 3.06. The van der Waals surface area contributed by atoms with Crippen molar-refractivity contribution in [2.75, 3.05) is 18.4 Å². The number of carbonyl (C=O) groups is 1. The van der Waals surface area contributed by atoms with Crippen molar-refractivity contribution in [1.82, 2.24) is 10.6 Å². The van der Waals surface area contributed by atoms with E-state index in [1.165, 1.54) is 0 Å². The van der Waals surface area contributed by atoms with E-state index in [2.05, 4.69) is 34.8 Å². The minimum Gasteiger partial charge on any atom is -0.491 e. The molecule has 0 aromatic heterocycles. The molecule has 0 unspecified atom stereocenters. The molecule has 0 bridgehead atoms. The zero-order valence-electron chi connectivity index (χ0n) is 17.6. The van der Waals surface area contributed by atoms with Gasteiger partial charge in [-0.3, -0.25) is 4.79 Å². The number of carbonyl (C=O) groups excluding carboxylic acids is 1. The van der Waals surface area contributed by atoms with Gasteiger partial charge in [0, 0.05) is 17.8 Å². The lowest BCUT2D eigenvalue weighted by atomic mass is 10.1. The molecule has 0 saturated carbocycles.